The van der Waals surface area contributed by atoms with Crippen LogP contribution >= 0.6 is 11.3 Å². The summed E-state index contributed by atoms with van der Waals surface area (Å²) in [6.07, 6.45) is 1.60. The fourth-order valence-electron chi connectivity index (χ4n) is 4.02. The molecular formula is C23H31N3O2S. The maximum absolute atomic E-state index is 12.0. The van der Waals surface area contributed by atoms with Crippen LogP contribution in [0.3, 0.4) is 0 Å². The first-order chi connectivity index (χ1) is 14.0. The van der Waals surface area contributed by atoms with Crippen molar-refractivity contribution >= 4 is 23.2 Å². The molecule has 2 heterocycles. The Morgan fingerprint density at radius 1 is 1.03 bits per heavy atom. The summed E-state index contributed by atoms with van der Waals surface area (Å²) >= 11 is 1.39. The number of likely N-dealkylation sites (tertiary alicyclic amines) is 1. The molecule has 2 atom stereocenters. The van der Waals surface area contributed by atoms with Gasteiger partial charge in [-0.05, 0) is 40.8 Å². The van der Waals surface area contributed by atoms with Gasteiger partial charge in [-0.2, -0.15) is 0 Å². The van der Waals surface area contributed by atoms with E-state index in [1.54, 1.807) is 6.07 Å². The van der Waals surface area contributed by atoms with E-state index in [1.165, 1.54) is 36.4 Å². The van der Waals surface area contributed by atoms with E-state index in [-0.39, 0.29) is 18.2 Å². The van der Waals surface area contributed by atoms with Gasteiger partial charge in [0.2, 0.25) is 5.91 Å². The molecule has 1 fully saturated rings. The number of rotatable bonds is 8. The van der Waals surface area contributed by atoms with Crippen LogP contribution in [0.25, 0.3) is 0 Å². The summed E-state index contributed by atoms with van der Waals surface area (Å²) < 4.78 is 0. The zero-order valence-electron chi connectivity index (χ0n) is 17.3. The summed E-state index contributed by atoms with van der Waals surface area (Å²) in [4.78, 5) is 27.1. The lowest BCUT2D eigenvalue weighted by Gasteiger charge is -2.35. The summed E-state index contributed by atoms with van der Waals surface area (Å²) in [5, 5.41) is 7.56. The smallest absolute Gasteiger partial charge is 0.261 e. The Bertz CT molecular complexity index is 779. The fourth-order valence-corrected chi connectivity index (χ4v) is 4.66. The molecule has 3 rings (SSSR count). The molecule has 5 nitrogen and oxygen atoms in total. The van der Waals surface area contributed by atoms with E-state index in [4.69, 9.17) is 0 Å². The molecule has 0 bridgehead atoms. The van der Waals surface area contributed by atoms with Gasteiger partial charge in [0.15, 0.2) is 0 Å². The largest absolute Gasteiger partial charge is 0.352 e. The molecule has 6 heteroatoms. The first-order valence-corrected chi connectivity index (χ1v) is 11.3. The third kappa shape index (κ3) is 6.98. The molecule has 1 aliphatic rings. The first-order valence-electron chi connectivity index (χ1n) is 10.4. The van der Waals surface area contributed by atoms with Gasteiger partial charge >= 0.3 is 0 Å². The monoisotopic (exact) mass is 413 g/mol. The van der Waals surface area contributed by atoms with Crippen LogP contribution in [0.2, 0.25) is 0 Å². The molecule has 2 amide bonds. The van der Waals surface area contributed by atoms with Crippen LogP contribution < -0.4 is 10.6 Å². The Hall–Kier alpha value is -2.18. The number of amides is 2. The SMILES string of the molecule is CC1CC(C)CN(Cc2ccc(CNC(=O)CCNC(=O)c3cccs3)cc2)C1. The second kappa shape index (κ2) is 10.6. The first kappa shape index (κ1) is 21.5. The molecule has 0 saturated carbocycles. The number of carbonyl (C=O) groups is 2. The van der Waals surface area contributed by atoms with Gasteiger partial charge in [0.25, 0.3) is 5.91 Å². The molecule has 0 radical (unpaired) electrons. The van der Waals surface area contributed by atoms with Crippen molar-refractivity contribution in [2.75, 3.05) is 19.6 Å². The van der Waals surface area contributed by atoms with Gasteiger partial charge in [0, 0.05) is 39.1 Å². The number of benzene rings is 1. The number of nitrogens with one attached hydrogen (secondary N) is 2. The van der Waals surface area contributed by atoms with Gasteiger partial charge in [-0.3, -0.25) is 14.5 Å². The van der Waals surface area contributed by atoms with Gasteiger partial charge in [-0.1, -0.05) is 44.2 Å². The van der Waals surface area contributed by atoms with Crippen LogP contribution in [-0.2, 0) is 17.9 Å². The molecule has 1 aromatic carbocycles. The van der Waals surface area contributed by atoms with Crippen LogP contribution in [0.15, 0.2) is 41.8 Å². The Balaban J connectivity index is 1.36. The van der Waals surface area contributed by atoms with Crippen molar-refractivity contribution in [1.29, 1.82) is 0 Å². The Kier molecular flexibility index (Phi) is 7.83. The van der Waals surface area contributed by atoms with Crippen molar-refractivity contribution in [3.05, 3.63) is 57.8 Å². The van der Waals surface area contributed by atoms with Crippen molar-refractivity contribution in [2.24, 2.45) is 11.8 Å². The average molecular weight is 414 g/mol. The van der Waals surface area contributed by atoms with E-state index in [0.717, 1.165) is 23.9 Å². The van der Waals surface area contributed by atoms with Crippen molar-refractivity contribution in [2.45, 2.75) is 39.8 Å². The van der Waals surface area contributed by atoms with Gasteiger partial charge in [0.1, 0.15) is 0 Å². The van der Waals surface area contributed by atoms with Crippen LogP contribution in [0, 0.1) is 11.8 Å². The standard InChI is InChI=1S/C23H31N3O2S/c1-17-12-18(2)15-26(14-17)16-20-7-5-19(6-8-20)13-25-22(27)9-10-24-23(28)21-4-3-11-29-21/h3-8,11,17-18H,9-10,12-16H2,1-2H3,(H,24,28)(H,25,27). The number of nitrogens with zero attached hydrogens (tertiary/aromatic N) is 1. The lowest BCUT2D eigenvalue weighted by atomic mass is 9.91. The summed E-state index contributed by atoms with van der Waals surface area (Å²) in [5.41, 5.74) is 2.41. The minimum absolute atomic E-state index is 0.0585. The van der Waals surface area contributed by atoms with Crippen molar-refractivity contribution in [1.82, 2.24) is 15.5 Å². The topological polar surface area (TPSA) is 61.4 Å². The third-order valence-corrected chi connectivity index (χ3v) is 6.11. The number of carbonyl (C=O) groups excluding carboxylic acids is 2. The van der Waals surface area contributed by atoms with E-state index in [2.05, 4.69) is 53.6 Å². The van der Waals surface area contributed by atoms with Crippen LogP contribution in [0.1, 0.15) is 47.5 Å². The summed E-state index contributed by atoms with van der Waals surface area (Å²) in [6, 6.07) is 12.1. The minimum Gasteiger partial charge on any atom is -0.352 e. The highest BCUT2D eigenvalue weighted by atomic mass is 32.1. The maximum atomic E-state index is 12.0. The zero-order valence-corrected chi connectivity index (χ0v) is 18.1. The van der Waals surface area contributed by atoms with E-state index in [1.807, 2.05) is 11.4 Å². The second-order valence-electron chi connectivity index (χ2n) is 8.22. The Morgan fingerprint density at radius 2 is 1.72 bits per heavy atom. The van der Waals surface area contributed by atoms with Crippen LogP contribution in [0.5, 0.6) is 0 Å². The Morgan fingerprint density at radius 3 is 2.38 bits per heavy atom. The van der Waals surface area contributed by atoms with E-state index < -0.39 is 0 Å². The molecule has 2 aromatic rings. The molecule has 0 aliphatic carbocycles. The normalized spacial score (nSPS) is 19.7. The number of thiophene rings is 1. The summed E-state index contributed by atoms with van der Waals surface area (Å²) in [7, 11) is 0. The van der Waals surface area contributed by atoms with E-state index in [0.29, 0.717) is 18.0 Å². The lowest BCUT2D eigenvalue weighted by molar-refractivity contribution is -0.121. The molecule has 156 valence electrons. The zero-order chi connectivity index (χ0) is 20.6. The van der Waals surface area contributed by atoms with Crippen molar-refractivity contribution in [3.63, 3.8) is 0 Å². The van der Waals surface area contributed by atoms with Gasteiger partial charge in [-0.25, -0.2) is 0 Å². The number of hydrogen-bond donors (Lipinski definition) is 2. The Labute approximate surface area is 177 Å². The van der Waals surface area contributed by atoms with Crippen LogP contribution in [0.4, 0.5) is 0 Å². The highest BCUT2D eigenvalue weighted by molar-refractivity contribution is 7.12. The highest BCUT2D eigenvalue weighted by Crippen LogP contribution is 2.22. The minimum atomic E-state index is -0.124. The summed E-state index contributed by atoms with van der Waals surface area (Å²) in [6.45, 7) is 8.86. The number of hydrogen-bond acceptors (Lipinski definition) is 4. The average Bonchev–Trinajstić information content (AvgIpc) is 3.21. The second-order valence-corrected chi connectivity index (χ2v) is 9.16. The fraction of sp³-hybridized carbons (Fsp3) is 0.478. The molecule has 1 aliphatic heterocycles. The van der Waals surface area contributed by atoms with Crippen molar-refractivity contribution < 1.29 is 9.59 Å². The van der Waals surface area contributed by atoms with Gasteiger partial charge in [0.05, 0.1) is 4.88 Å². The van der Waals surface area contributed by atoms with E-state index >= 15 is 0 Å². The molecule has 1 saturated heterocycles. The maximum Gasteiger partial charge on any atom is 0.261 e. The quantitative estimate of drug-likeness (QED) is 0.694. The lowest BCUT2D eigenvalue weighted by Crippen LogP contribution is -2.38. The molecular weight excluding hydrogens is 382 g/mol. The third-order valence-electron chi connectivity index (χ3n) is 5.25. The molecule has 2 unspecified atom stereocenters. The van der Waals surface area contributed by atoms with Crippen LogP contribution in [-0.4, -0.2) is 36.3 Å². The molecule has 0 spiro atoms. The molecule has 29 heavy (non-hydrogen) atoms. The van der Waals surface area contributed by atoms with E-state index in [9.17, 15) is 9.59 Å². The van der Waals surface area contributed by atoms with Gasteiger partial charge in [-0.15, -0.1) is 11.3 Å². The molecule has 1 aromatic heterocycles. The summed E-state index contributed by atoms with van der Waals surface area (Å²) in [5.74, 6) is 1.35. The van der Waals surface area contributed by atoms with Crippen molar-refractivity contribution in [3.8, 4) is 0 Å². The predicted octanol–water partition coefficient (Wildman–Crippen LogP) is 3.66. The number of piperidine rings is 1. The highest BCUT2D eigenvalue weighted by Gasteiger charge is 2.21. The predicted molar refractivity (Wildman–Crippen MR) is 118 cm³/mol. The van der Waals surface area contributed by atoms with Gasteiger partial charge < -0.3 is 10.6 Å². The molecule has 2 N–H and O–H groups in total.